The highest BCUT2D eigenvalue weighted by Gasteiger charge is 2.63. The smallest absolute Gasteiger partial charge is 0.372 e. The first kappa shape index (κ1) is 26.2. The van der Waals surface area contributed by atoms with Gasteiger partial charge < -0.3 is 15.1 Å². The predicted molar refractivity (Wildman–Crippen MR) is 124 cm³/mol. The molecule has 3 aliphatic rings. The molecule has 2 unspecified atom stereocenters. The highest BCUT2D eigenvalue weighted by molar-refractivity contribution is 6.35. The number of aromatic nitrogens is 1. The van der Waals surface area contributed by atoms with E-state index in [1.807, 2.05) is 0 Å². The van der Waals surface area contributed by atoms with E-state index in [0.717, 1.165) is 17.0 Å². The number of carbonyl (C=O) groups is 3. The molecule has 1 fully saturated rings. The van der Waals surface area contributed by atoms with Gasteiger partial charge in [-0.05, 0) is 29.3 Å². The van der Waals surface area contributed by atoms with Crippen molar-refractivity contribution in [1.82, 2.24) is 20.1 Å². The van der Waals surface area contributed by atoms with Gasteiger partial charge in [-0.25, -0.2) is 4.39 Å². The van der Waals surface area contributed by atoms with Crippen LogP contribution >= 0.6 is 23.2 Å². The van der Waals surface area contributed by atoms with E-state index in [1.54, 1.807) is 0 Å². The molecule has 3 aliphatic heterocycles. The minimum absolute atomic E-state index is 0.0229. The van der Waals surface area contributed by atoms with Gasteiger partial charge in [0.05, 0.1) is 22.9 Å². The Kier molecular flexibility index (Phi) is 6.26. The molecule has 5 rings (SSSR count). The summed E-state index contributed by atoms with van der Waals surface area (Å²) in [7, 11) is 1.32. The minimum Gasteiger partial charge on any atom is -0.372 e. The van der Waals surface area contributed by atoms with Gasteiger partial charge in [-0.2, -0.15) is 13.2 Å². The molecule has 0 saturated carbocycles. The third kappa shape index (κ3) is 4.23. The average Bonchev–Trinajstić information content (AvgIpc) is 3.55. The quantitative estimate of drug-likeness (QED) is 0.342. The normalized spacial score (nSPS) is 23.0. The van der Waals surface area contributed by atoms with Gasteiger partial charge in [0.2, 0.25) is 5.91 Å². The zero-order chi connectivity index (χ0) is 27.6. The SMILES string of the molecule is CN1C(=O)CC(NC(=O)c2cc3c(cn2)CN(C2=NOC(c4cc(Cl)c(F)c(Cl)c4)(C(F)(F)F)C2)C3)C1=O. The molecule has 2 atom stereocenters. The summed E-state index contributed by atoms with van der Waals surface area (Å²) in [6.45, 7) is 0.245. The maximum Gasteiger partial charge on any atom is 0.435 e. The molecule has 0 bridgehead atoms. The number of hydrogen-bond donors (Lipinski definition) is 1. The van der Waals surface area contributed by atoms with Crippen LogP contribution in [0.2, 0.25) is 10.0 Å². The van der Waals surface area contributed by atoms with Crippen LogP contribution in [0.4, 0.5) is 17.6 Å². The molecular weight excluding hydrogens is 557 g/mol. The number of likely N-dealkylation sites (N-methyl/N-ethyl adjacent to an activating group) is 1. The van der Waals surface area contributed by atoms with Crippen molar-refractivity contribution in [3.05, 3.63) is 62.6 Å². The number of rotatable bonds is 3. The molecule has 0 spiro atoms. The van der Waals surface area contributed by atoms with E-state index in [9.17, 15) is 31.9 Å². The molecule has 3 amide bonds. The fourth-order valence-electron chi connectivity index (χ4n) is 4.54. The topological polar surface area (TPSA) is 104 Å². The van der Waals surface area contributed by atoms with Crippen LogP contribution in [0.5, 0.6) is 0 Å². The lowest BCUT2D eigenvalue weighted by atomic mass is 9.89. The van der Waals surface area contributed by atoms with E-state index in [-0.39, 0.29) is 31.0 Å². The highest BCUT2D eigenvalue weighted by Crippen LogP contribution is 2.50. The molecule has 0 aliphatic carbocycles. The molecule has 1 aromatic carbocycles. The van der Waals surface area contributed by atoms with Crippen LogP contribution < -0.4 is 5.32 Å². The van der Waals surface area contributed by atoms with E-state index >= 15 is 0 Å². The van der Waals surface area contributed by atoms with E-state index in [0.29, 0.717) is 11.1 Å². The van der Waals surface area contributed by atoms with Crippen LogP contribution in [0.1, 0.15) is 40.0 Å². The fourth-order valence-corrected chi connectivity index (χ4v) is 5.02. The standard InChI is InChI=1S/C23H17Cl2F4N5O4/c1-33-18(35)5-16(21(33)37)31-20(36)15-2-10-8-34(9-11(10)7-30-15)17-6-22(38-32-17,23(27,28)29)12-3-13(24)19(26)14(25)4-12/h2-4,7,16H,5-6,8-9H2,1H3,(H,31,36). The summed E-state index contributed by atoms with van der Waals surface area (Å²) < 4.78 is 56.7. The molecule has 4 heterocycles. The van der Waals surface area contributed by atoms with Gasteiger partial charge in [-0.1, -0.05) is 28.4 Å². The minimum atomic E-state index is -4.95. The maximum atomic E-state index is 14.3. The Morgan fingerprint density at radius 2 is 1.82 bits per heavy atom. The van der Waals surface area contributed by atoms with Gasteiger partial charge in [0.1, 0.15) is 17.6 Å². The summed E-state index contributed by atoms with van der Waals surface area (Å²) in [6, 6.07) is 2.08. The number of likely N-dealkylation sites (tertiary alicyclic amines) is 1. The number of carbonyl (C=O) groups excluding carboxylic acids is 3. The predicted octanol–water partition coefficient (Wildman–Crippen LogP) is 3.52. The zero-order valence-corrected chi connectivity index (χ0v) is 20.9. The van der Waals surface area contributed by atoms with Crippen LogP contribution in [-0.4, -0.2) is 57.6 Å². The Morgan fingerprint density at radius 3 is 2.42 bits per heavy atom. The first-order valence-electron chi connectivity index (χ1n) is 11.1. The number of pyridine rings is 1. The second kappa shape index (κ2) is 9.09. The Bertz CT molecular complexity index is 1400. The van der Waals surface area contributed by atoms with Crippen molar-refractivity contribution in [2.75, 3.05) is 7.05 Å². The van der Waals surface area contributed by atoms with E-state index in [2.05, 4.69) is 15.5 Å². The summed E-state index contributed by atoms with van der Waals surface area (Å²) in [5, 5.41) is 5.00. The first-order chi connectivity index (χ1) is 17.8. The Morgan fingerprint density at radius 1 is 1.16 bits per heavy atom. The van der Waals surface area contributed by atoms with Crippen LogP contribution in [0.15, 0.2) is 29.6 Å². The number of hydrogen-bond acceptors (Lipinski definition) is 7. The van der Waals surface area contributed by atoms with Gasteiger partial charge in [0, 0.05) is 31.9 Å². The summed E-state index contributed by atoms with van der Waals surface area (Å²) in [4.78, 5) is 47.9. The van der Waals surface area contributed by atoms with Crippen LogP contribution in [0, 0.1) is 5.82 Å². The molecule has 2 aromatic rings. The molecule has 1 aromatic heterocycles. The number of nitrogens with one attached hydrogen (secondary N) is 1. The third-order valence-electron chi connectivity index (χ3n) is 6.71. The number of alkyl halides is 3. The molecule has 1 N–H and O–H groups in total. The molecule has 9 nitrogen and oxygen atoms in total. The Hall–Kier alpha value is -3.45. The summed E-state index contributed by atoms with van der Waals surface area (Å²) in [6.07, 6.45) is -4.43. The Labute approximate surface area is 222 Å². The fraction of sp³-hybridized carbons (Fsp3) is 0.348. The van der Waals surface area contributed by atoms with E-state index in [1.165, 1.54) is 24.2 Å². The van der Waals surface area contributed by atoms with Crippen molar-refractivity contribution < 1.29 is 36.8 Å². The lowest BCUT2D eigenvalue weighted by Gasteiger charge is -2.30. The number of benzene rings is 1. The number of amides is 3. The monoisotopic (exact) mass is 573 g/mol. The van der Waals surface area contributed by atoms with Crippen molar-refractivity contribution in [2.45, 2.75) is 43.8 Å². The number of halogens is 6. The summed E-state index contributed by atoms with van der Waals surface area (Å²) >= 11 is 11.5. The molecule has 15 heteroatoms. The van der Waals surface area contributed by atoms with Crippen molar-refractivity contribution in [3.8, 4) is 0 Å². The lowest BCUT2D eigenvalue weighted by Crippen LogP contribution is -2.44. The number of nitrogens with zero attached hydrogens (tertiary/aromatic N) is 4. The molecular formula is C23H17Cl2F4N5O4. The van der Waals surface area contributed by atoms with Gasteiger partial charge >= 0.3 is 6.18 Å². The second-order valence-electron chi connectivity index (χ2n) is 9.07. The van der Waals surface area contributed by atoms with Crippen molar-refractivity contribution >= 4 is 46.8 Å². The molecule has 0 radical (unpaired) electrons. The van der Waals surface area contributed by atoms with Crippen molar-refractivity contribution in [2.24, 2.45) is 5.16 Å². The van der Waals surface area contributed by atoms with Gasteiger partial charge in [-0.15, -0.1) is 0 Å². The number of oxime groups is 1. The first-order valence-corrected chi connectivity index (χ1v) is 11.9. The van der Waals surface area contributed by atoms with Crippen molar-refractivity contribution in [3.63, 3.8) is 0 Å². The lowest BCUT2D eigenvalue weighted by molar-refractivity contribution is -0.275. The largest absolute Gasteiger partial charge is 0.435 e. The molecule has 38 heavy (non-hydrogen) atoms. The molecule has 200 valence electrons. The number of amidine groups is 1. The Balaban J connectivity index is 1.33. The zero-order valence-electron chi connectivity index (χ0n) is 19.4. The third-order valence-corrected chi connectivity index (χ3v) is 7.26. The maximum absolute atomic E-state index is 14.3. The number of imide groups is 1. The number of fused-ring (bicyclic) bond motifs is 1. The van der Waals surface area contributed by atoms with E-state index < -0.39 is 63.4 Å². The van der Waals surface area contributed by atoms with Crippen LogP contribution in [0.3, 0.4) is 0 Å². The van der Waals surface area contributed by atoms with Gasteiger partial charge in [0.25, 0.3) is 17.4 Å². The second-order valence-corrected chi connectivity index (χ2v) is 9.88. The van der Waals surface area contributed by atoms with Crippen LogP contribution in [0.25, 0.3) is 0 Å². The summed E-state index contributed by atoms with van der Waals surface area (Å²) in [5.74, 6) is -2.70. The van der Waals surface area contributed by atoms with Crippen molar-refractivity contribution in [1.29, 1.82) is 0 Å². The highest BCUT2D eigenvalue weighted by atomic mass is 35.5. The van der Waals surface area contributed by atoms with Gasteiger partial charge in [-0.3, -0.25) is 24.3 Å². The van der Waals surface area contributed by atoms with Gasteiger partial charge in [0.15, 0.2) is 5.82 Å². The van der Waals surface area contributed by atoms with E-state index in [4.69, 9.17) is 28.0 Å². The molecule has 1 saturated heterocycles. The van der Waals surface area contributed by atoms with Crippen LogP contribution in [-0.2, 0) is 33.1 Å². The average molecular weight is 574 g/mol. The summed E-state index contributed by atoms with van der Waals surface area (Å²) in [5.41, 5.74) is -2.20.